The molecule has 2 aromatic heterocycles. The summed E-state index contributed by atoms with van der Waals surface area (Å²) in [6, 6.07) is 3.23. The van der Waals surface area contributed by atoms with E-state index in [1.54, 1.807) is 32.3 Å². The second-order valence-electron chi connectivity index (χ2n) is 7.76. The molecule has 3 heterocycles. The van der Waals surface area contributed by atoms with Crippen molar-refractivity contribution in [2.45, 2.75) is 44.6 Å². The van der Waals surface area contributed by atoms with Crippen molar-refractivity contribution >= 4 is 21.7 Å². The Balaban J connectivity index is 1.94. The normalized spacial score (nSPS) is 19.3. The summed E-state index contributed by atoms with van der Waals surface area (Å²) in [5.41, 5.74) is 0.530. The zero-order valence-electron chi connectivity index (χ0n) is 16.2. The first-order valence-electron chi connectivity index (χ1n) is 8.81. The molecule has 0 radical (unpaired) electrons. The van der Waals surface area contributed by atoms with Gasteiger partial charge >= 0.3 is 0 Å². The first-order valence-corrected chi connectivity index (χ1v) is 10.3. The molecule has 27 heavy (non-hydrogen) atoms. The highest BCUT2D eigenvalue weighted by atomic mass is 32.2. The van der Waals surface area contributed by atoms with E-state index in [-0.39, 0.29) is 16.0 Å². The highest BCUT2D eigenvalue weighted by molar-refractivity contribution is 7.90. The molecular formula is C18H25N5O3S. The minimum Gasteiger partial charge on any atom is -0.351 e. The Labute approximate surface area is 159 Å². The molecule has 0 aromatic carbocycles. The number of rotatable bonds is 4. The molecule has 1 saturated heterocycles. The lowest BCUT2D eigenvalue weighted by Crippen LogP contribution is -2.41. The van der Waals surface area contributed by atoms with Crippen LogP contribution in [0.2, 0.25) is 0 Å². The van der Waals surface area contributed by atoms with Gasteiger partial charge in [0.1, 0.15) is 10.7 Å². The molecule has 1 fully saturated rings. The average Bonchev–Trinajstić information content (AvgIpc) is 3.05. The highest BCUT2D eigenvalue weighted by Crippen LogP contribution is 2.37. The van der Waals surface area contributed by atoms with Crippen LogP contribution in [0.4, 0.5) is 5.82 Å². The summed E-state index contributed by atoms with van der Waals surface area (Å²) in [4.78, 5) is 19.3. The van der Waals surface area contributed by atoms with Crippen LogP contribution in [0.1, 0.15) is 43.2 Å². The number of hydrogen-bond acceptors (Lipinski definition) is 6. The summed E-state index contributed by atoms with van der Waals surface area (Å²) < 4.78 is 28.9. The van der Waals surface area contributed by atoms with Crippen molar-refractivity contribution in [3.63, 3.8) is 0 Å². The van der Waals surface area contributed by atoms with E-state index in [0.29, 0.717) is 17.4 Å². The van der Waals surface area contributed by atoms with Crippen molar-refractivity contribution in [1.82, 2.24) is 19.5 Å². The van der Waals surface area contributed by atoms with E-state index in [9.17, 15) is 13.2 Å². The number of sulfonamides is 1. The van der Waals surface area contributed by atoms with Crippen LogP contribution in [-0.2, 0) is 17.1 Å². The fourth-order valence-electron chi connectivity index (χ4n) is 3.72. The molecule has 3 rings (SSSR count). The summed E-state index contributed by atoms with van der Waals surface area (Å²) in [6.45, 7) is 8.75. The van der Waals surface area contributed by atoms with Crippen LogP contribution in [0, 0.1) is 12.8 Å². The van der Waals surface area contributed by atoms with Crippen LogP contribution in [0.15, 0.2) is 29.4 Å². The van der Waals surface area contributed by atoms with Crippen molar-refractivity contribution in [1.29, 1.82) is 0 Å². The van der Waals surface area contributed by atoms with Gasteiger partial charge in [0.15, 0.2) is 0 Å². The first kappa shape index (κ1) is 19.3. The lowest BCUT2D eigenvalue weighted by Gasteiger charge is -2.33. The average molecular weight is 391 g/mol. The van der Waals surface area contributed by atoms with Crippen LogP contribution in [0.5, 0.6) is 0 Å². The predicted octanol–water partition coefficient (Wildman–Crippen LogP) is 1.87. The third-order valence-corrected chi connectivity index (χ3v) is 6.50. The fourth-order valence-corrected chi connectivity index (χ4v) is 4.89. The summed E-state index contributed by atoms with van der Waals surface area (Å²) in [5, 5.41) is 3.94. The smallest absolute Gasteiger partial charge is 0.268 e. The second kappa shape index (κ2) is 6.63. The lowest BCUT2D eigenvalue weighted by atomic mass is 9.97. The monoisotopic (exact) mass is 391 g/mol. The number of hydrogen-bond donors (Lipinski definition) is 1. The number of carbonyl (C=O) groups excluding carboxylic acids is 1. The molecule has 0 saturated carbocycles. The molecule has 0 spiro atoms. The molecule has 1 N–H and O–H groups in total. The van der Waals surface area contributed by atoms with Gasteiger partial charge in [0.05, 0.1) is 17.5 Å². The van der Waals surface area contributed by atoms with E-state index in [2.05, 4.69) is 40.5 Å². The molecule has 1 atom stereocenters. The van der Waals surface area contributed by atoms with Gasteiger partial charge in [0.2, 0.25) is 0 Å². The maximum absolute atomic E-state index is 12.8. The molecule has 1 amide bonds. The predicted molar refractivity (Wildman–Crippen MR) is 102 cm³/mol. The first-order chi connectivity index (χ1) is 12.5. The van der Waals surface area contributed by atoms with Crippen LogP contribution in [-0.4, -0.2) is 41.2 Å². The van der Waals surface area contributed by atoms with Crippen LogP contribution >= 0.6 is 0 Å². The molecule has 1 aliphatic heterocycles. The van der Waals surface area contributed by atoms with Crippen molar-refractivity contribution in [2.75, 3.05) is 11.4 Å². The Morgan fingerprint density at radius 2 is 2.07 bits per heavy atom. The Morgan fingerprint density at radius 1 is 1.37 bits per heavy atom. The number of anilines is 1. The summed E-state index contributed by atoms with van der Waals surface area (Å²) >= 11 is 0. The van der Waals surface area contributed by atoms with E-state index >= 15 is 0 Å². The second-order valence-corrected chi connectivity index (χ2v) is 9.41. The summed E-state index contributed by atoms with van der Waals surface area (Å²) in [7, 11) is -2.38. The van der Waals surface area contributed by atoms with Crippen molar-refractivity contribution in [3.8, 4) is 0 Å². The zero-order chi connectivity index (χ0) is 20.0. The van der Waals surface area contributed by atoms with E-state index in [1.807, 2.05) is 0 Å². The van der Waals surface area contributed by atoms with Gasteiger partial charge in [0.25, 0.3) is 15.9 Å². The summed E-state index contributed by atoms with van der Waals surface area (Å²) in [5.74, 6) is 0.263. The third-order valence-electron chi connectivity index (χ3n) is 5.07. The zero-order valence-corrected chi connectivity index (χ0v) is 17.0. The Morgan fingerprint density at radius 3 is 2.63 bits per heavy atom. The molecule has 0 bridgehead atoms. The van der Waals surface area contributed by atoms with Gasteiger partial charge in [-0.3, -0.25) is 9.48 Å². The fraction of sp³-hybridized carbons (Fsp3) is 0.500. The van der Waals surface area contributed by atoms with Crippen molar-refractivity contribution in [2.24, 2.45) is 13.0 Å². The molecule has 8 nitrogen and oxygen atoms in total. The minimum absolute atomic E-state index is 0.0149. The number of carbonyl (C=O) groups is 1. The molecule has 146 valence electrons. The Bertz CT molecular complexity index is 981. The van der Waals surface area contributed by atoms with Crippen LogP contribution in [0.3, 0.4) is 0 Å². The number of aromatic nitrogens is 3. The van der Waals surface area contributed by atoms with E-state index in [0.717, 1.165) is 13.0 Å². The van der Waals surface area contributed by atoms with Crippen LogP contribution in [0.25, 0.3) is 0 Å². The van der Waals surface area contributed by atoms with Crippen LogP contribution < -0.4 is 9.62 Å². The van der Waals surface area contributed by atoms with Crippen molar-refractivity contribution in [3.05, 3.63) is 35.8 Å². The minimum atomic E-state index is -4.03. The Hall–Kier alpha value is -2.42. The highest BCUT2D eigenvalue weighted by Gasteiger charge is 2.39. The topological polar surface area (TPSA) is 97.2 Å². The largest absolute Gasteiger partial charge is 0.351 e. The van der Waals surface area contributed by atoms with Gasteiger partial charge in [-0.1, -0.05) is 6.92 Å². The standard InChI is InChI=1S/C18H25N5O3S/c1-12-9-18(3,4)23(11-12)16-14(7-6-8-19-16)17(24)21-27(25,26)15-10-20-22(5)13(15)2/h6-8,10,12H,9,11H2,1-5H3,(H,21,24)/t12-/m0/s1. The number of pyridine rings is 1. The Kier molecular flexibility index (Phi) is 4.75. The van der Waals surface area contributed by atoms with Gasteiger partial charge in [-0.25, -0.2) is 18.1 Å². The molecule has 2 aromatic rings. The number of nitrogens with zero attached hydrogens (tertiary/aromatic N) is 4. The van der Waals surface area contributed by atoms with E-state index in [4.69, 9.17) is 0 Å². The number of amides is 1. The number of aryl methyl sites for hydroxylation is 1. The van der Waals surface area contributed by atoms with Gasteiger partial charge in [0, 0.05) is 25.3 Å². The van der Waals surface area contributed by atoms with Gasteiger partial charge in [-0.15, -0.1) is 0 Å². The quantitative estimate of drug-likeness (QED) is 0.854. The molecule has 0 unspecified atom stereocenters. The lowest BCUT2D eigenvalue weighted by molar-refractivity contribution is 0.0981. The maximum Gasteiger partial charge on any atom is 0.268 e. The molecular weight excluding hydrogens is 366 g/mol. The van der Waals surface area contributed by atoms with Gasteiger partial charge in [-0.2, -0.15) is 5.10 Å². The van der Waals surface area contributed by atoms with Gasteiger partial charge < -0.3 is 4.90 Å². The summed E-state index contributed by atoms with van der Waals surface area (Å²) in [6.07, 6.45) is 3.82. The third kappa shape index (κ3) is 3.55. The van der Waals surface area contributed by atoms with E-state index in [1.165, 1.54) is 10.9 Å². The van der Waals surface area contributed by atoms with E-state index < -0.39 is 15.9 Å². The maximum atomic E-state index is 12.8. The molecule has 9 heteroatoms. The molecule has 0 aliphatic carbocycles. The van der Waals surface area contributed by atoms with Gasteiger partial charge in [-0.05, 0) is 45.2 Å². The molecule has 1 aliphatic rings. The SMILES string of the molecule is Cc1c(S(=O)(=O)NC(=O)c2cccnc2N2C[C@@H](C)CC2(C)C)cnn1C. The number of nitrogens with one attached hydrogen (secondary N) is 1. The van der Waals surface area contributed by atoms with Crippen molar-refractivity contribution < 1.29 is 13.2 Å².